The van der Waals surface area contributed by atoms with Gasteiger partial charge in [-0.2, -0.15) is 0 Å². The third-order valence-corrected chi connectivity index (χ3v) is 3.98. The van der Waals surface area contributed by atoms with E-state index >= 15 is 0 Å². The Hall–Kier alpha value is -0.960. The van der Waals surface area contributed by atoms with Gasteiger partial charge in [0.05, 0.1) is 6.54 Å². The zero-order valence-electron chi connectivity index (χ0n) is 12.7. The van der Waals surface area contributed by atoms with Crippen LogP contribution in [0.4, 0.5) is 0 Å². The van der Waals surface area contributed by atoms with Gasteiger partial charge in [0.1, 0.15) is 5.60 Å². The Morgan fingerprint density at radius 1 is 1.00 bits per heavy atom. The van der Waals surface area contributed by atoms with Gasteiger partial charge >= 0.3 is 29.6 Å². The Morgan fingerprint density at radius 2 is 1.42 bits per heavy atom. The minimum Gasteiger partial charge on any atom is -0.380 e. The van der Waals surface area contributed by atoms with Crippen LogP contribution in [0, 0.1) is 3.57 Å². The largest absolute Gasteiger partial charge is 1.00 e. The van der Waals surface area contributed by atoms with Crippen molar-refractivity contribution in [1.29, 1.82) is 0 Å². The number of aliphatic hydroxyl groups is 1. The summed E-state index contributed by atoms with van der Waals surface area (Å²) in [6, 6.07) is 14.3. The molecular weight excluding hydrogens is 454 g/mol. The van der Waals surface area contributed by atoms with E-state index in [1.54, 1.807) is 24.3 Å². The second-order valence-electron chi connectivity index (χ2n) is 4.35. The summed E-state index contributed by atoms with van der Waals surface area (Å²) in [5.74, 6) is 0. The maximum absolute atomic E-state index is 11.0. The fraction of sp³-hybridized carbons (Fsp3) is 0.143. The first-order valence-electron chi connectivity index (χ1n) is 6.21. The van der Waals surface area contributed by atoms with Crippen LogP contribution in [0.5, 0.6) is 0 Å². The molecule has 0 fully saturated rings. The minimum absolute atomic E-state index is 0. The molecule has 0 bridgehead atoms. The van der Waals surface area contributed by atoms with Crippen LogP contribution in [0.15, 0.2) is 53.6 Å². The van der Waals surface area contributed by atoms with Crippen molar-refractivity contribution in [1.82, 2.24) is 0 Å². The molecule has 0 aromatic heterocycles. The van der Waals surface area contributed by atoms with E-state index in [-0.39, 0.29) is 36.1 Å². The third-order valence-electron chi connectivity index (χ3n) is 3.01. The first-order chi connectivity index (χ1) is 11.0. The monoisotopic (exact) mass is 464 g/mol. The average molecular weight is 465 g/mol. The van der Waals surface area contributed by atoms with Gasteiger partial charge < -0.3 is 16.2 Å². The van der Waals surface area contributed by atoms with Gasteiger partial charge in [-0.05, 0) is 63.5 Å². The normalized spacial score (nSPS) is 11.5. The fourth-order valence-corrected chi connectivity index (χ4v) is 2.42. The summed E-state index contributed by atoms with van der Waals surface area (Å²) in [6.07, 6.45) is 0. The van der Waals surface area contributed by atoms with Crippen molar-refractivity contribution >= 4 is 34.2 Å². The van der Waals surface area contributed by atoms with Gasteiger partial charge in [0.25, 0.3) is 0 Å². The van der Waals surface area contributed by atoms with Crippen LogP contribution in [-0.4, -0.2) is 11.7 Å². The molecule has 2 aromatic rings. The Bertz CT molecular complexity index is 682. The molecule has 0 saturated carbocycles. The summed E-state index contributed by atoms with van der Waals surface area (Å²) in [7, 11) is 0. The van der Waals surface area contributed by atoms with Gasteiger partial charge in [-0.3, -0.25) is 4.91 Å². The molecule has 10 heteroatoms. The second-order valence-corrected chi connectivity index (χ2v) is 6.03. The Balaban J connectivity index is 0.00000123. The van der Waals surface area contributed by atoms with Crippen molar-refractivity contribution in [3.8, 4) is 0 Å². The van der Waals surface area contributed by atoms with E-state index in [9.17, 15) is 5.11 Å². The molecule has 0 spiro atoms. The molecule has 7 nitrogen and oxygen atoms in total. The Labute approximate surface area is 179 Å². The molecular formula is C14H11ClIN6NaO. The smallest absolute Gasteiger partial charge is 0.380 e. The molecule has 1 N–H and O–H groups in total. The molecule has 24 heavy (non-hydrogen) atoms. The van der Waals surface area contributed by atoms with E-state index in [0.717, 1.165) is 3.57 Å². The second kappa shape index (κ2) is 11.6. The van der Waals surface area contributed by atoms with Gasteiger partial charge in [-0.15, -0.1) is 0 Å². The molecule has 1 unspecified atom stereocenters. The SMILES string of the molecule is [N-]=[N+]=NCC(O)(c1ccc(Cl)cc1)c1ccc(I)cc1.[N-]=[N+]=[N-].[Na+]. The number of azide groups is 1. The number of benzene rings is 2. The first kappa shape index (κ1) is 23.0. The molecule has 2 aromatic carbocycles. The summed E-state index contributed by atoms with van der Waals surface area (Å²) in [6.45, 7) is -0.0777. The number of rotatable bonds is 4. The Morgan fingerprint density at radius 3 is 1.83 bits per heavy atom. The van der Waals surface area contributed by atoms with Gasteiger partial charge in [0, 0.05) is 13.5 Å². The molecule has 1 atom stereocenters. The third kappa shape index (κ3) is 6.51. The topological polar surface area (TPSA) is 128 Å². The van der Waals surface area contributed by atoms with Gasteiger partial charge in [0.2, 0.25) is 0 Å². The van der Waals surface area contributed by atoms with E-state index in [1.807, 2.05) is 24.3 Å². The quantitative estimate of drug-likeness (QED) is 0.241. The first-order valence-corrected chi connectivity index (χ1v) is 7.67. The van der Waals surface area contributed by atoms with Crippen molar-refractivity contribution in [3.05, 3.63) is 94.7 Å². The predicted molar refractivity (Wildman–Crippen MR) is 97.7 cm³/mol. The summed E-state index contributed by atoms with van der Waals surface area (Å²) in [4.78, 5) is 4.24. The molecule has 0 aliphatic carbocycles. The van der Waals surface area contributed by atoms with Crippen LogP contribution in [0.25, 0.3) is 26.4 Å². The predicted octanol–water partition coefficient (Wildman–Crippen LogP) is 2.36. The summed E-state index contributed by atoms with van der Waals surface area (Å²) >= 11 is 8.06. The maximum atomic E-state index is 11.0. The standard InChI is InChI=1S/C14H11ClIN3O.N3.Na/c15-12-5-1-10(2-6-12)14(20,9-18-19-17)11-3-7-13(16)8-4-11;1-3-2;/h1-8,20H,9H2;;/q;-1;+1. The number of hydrogen-bond acceptors (Lipinski definition) is 2. The molecule has 0 radical (unpaired) electrons. The van der Waals surface area contributed by atoms with E-state index in [0.29, 0.717) is 16.1 Å². The molecule has 0 saturated heterocycles. The van der Waals surface area contributed by atoms with Crippen molar-refractivity contribution in [2.45, 2.75) is 5.60 Å². The molecule has 2 rings (SSSR count). The molecule has 0 aliphatic heterocycles. The van der Waals surface area contributed by atoms with E-state index < -0.39 is 5.60 Å². The van der Waals surface area contributed by atoms with Crippen LogP contribution in [0.1, 0.15) is 11.1 Å². The zero-order valence-corrected chi connectivity index (χ0v) is 17.6. The van der Waals surface area contributed by atoms with E-state index in [4.69, 9.17) is 28.2 Å². The van der Waals surface area contributed by atoms with Crippen LogP contribution in [-0.2, 0) is 5.60 Å². The molecule has 118 valence electrons. The van der Waals surface area contributed by atoms with Gasteiger partial charge in [0.15, 0.2) is 0 Å². The van der Waals surface area contributed by atoms with E-state index in [2.05, 4.69) is 32.6 Å². The number of nitrogens with zero attached hydrogens (tertiary/aromatic N) is 6. The van der Waals surface area contributed by atoms with Crippen molar-refractivity contribution in [2.75, 3.05) is 6.54 Å². The van der Waals surface area contributed by atoms with Crippen LogP contribution in [0.2, 0.25) is 5.02 Å². The average Bonchev–Trinajstić information content (AvgIpc) is 2.54. The van der Waals surface area contributed by atoms with Crippen LogP contribution >= 0.6 is 34.2 Å². The van der Waals surface area contributed by atoms with Crippen LogP contribution in [0.3, 0.4) is 0 Å². The van der Waals surface area contributed by atoms with Crippen molar-refractivity contribution in [2.24, 2.45) is 5.11 Å². The number of hydrogen-bond donors (Lipinski definition) is 1. The van der Waals surface area contributed by atoms with Crippen molar-refractivity contribution in [3.63, 3.8) is 0 Å². The summed E-state index contributed by atoms with van der Waals surface area (Å²) < 4.78 is 1.06. The summed E-state index contributed by atoms with van der Waals surface area (Å²) in [5.41, 5.74) is 22.0. The van der Waals surface area contributed by atoms with Crippen molar-refractivity contribution < 1.29 is 34.7 Å². The maximum Gasteiger partial charge on any atom is 1.00 e. The van der Waals surface area contributed by atoms with E-state index in [1.165, 1.54) is 4.91 Å². The molecule has 0 heterocycles. The number of halogens is 2. The minimum atomic E-state index is -1.36. The van der Waals surface area contributed by atoms with Crippen LogP contribution < -0.4 is 29.6 Å². The summed E-state index contributed by atoms with van der Waals surface area (Å²) in [5, 5.41) is 15.1. The Kier molecular flexibility index (Phi) is 11.1. The molecule has 0 amide bonds. The van der Waals surface area contributed by atoms with Gasteiger partial charge in [-0.1, -0.05) is 41.0 Å². The zero-order chi connectivity index (χ0) is 17.3. The molecule has 0 aliphatic rings. The fourth-order valence-electron chi connectivity index (χ4n) is 1.93. The van der Waals surface area contributed by atoms with Gasteiger partial charge in [-0.25, -0.2) is 0 Å².